The first-order valence-electron chi connectivity index (χ1n) is 8.76. The van der Waals surface area contributed by atoms with Crippen molar-refractivity contribution in [3.63, 3.8) is 0 Å². The van der Waals surface area contributed by atoms with E-state index in [0.717, 1.165) is 32.1 Å². The van der Waals surface area contributed by atoms with Crippen LogP contribution in [0.2, 0.25) is 0 Å². The second-order valence-electron chi connectivity index (χ2n) is 6.35. The molecule has 0 heterocycles. The number of carbonyl (C=O) groups is 4. The van der Waals surface area contributed by atoms with Crippen molar-refractivity contribution in [1.29, 1.82) is 0 Å². The van der Waals surface area contributed by atoms with Crippen LogP contribution in [-0.4, -0.2) is 36.2 Å². The van der Waals surface area contributed by atoms with Crippen molar-refractivity contribution in [2.24, 2.45) is 5.92 Å². The predicted octanol–water partition coefficient (Wildman–Crippen LogP) is 2.76. The standard InChI is InChI=1S/C10H16O3.C8H12O3/c1-8(11)13-7-6-9-4-2-3-5-10(9)12;1-6(9)11-8-5-3-2-4-7(8)10/h9H,2-7H2,1H3;8H,2-5H2,1H3. The molecule has 0 aromatic rings. The normalized spacial score (nSPS) is 23.8. The Balaban J connectivity index is 0.000000243. The maximum Gasteiger partial charge on any atom is 0.303 e. The highest BCUT2D eigenvalue weighted by Gasteiger charge is 2.24. The van der Waals surface area contributed by atoms with Crippen LogP contribution >= 0.6 is 0 Å². The van der Waals surface area contributed by atoms with Gasteiger partial charge < -0.3 is 9.47 Å². The Bertz CT molecular complexity index is 456. The molecule has 0 N–H and O–H groups in total. The number of ether oxygens (including phenoxy) is 2. The van der Waals surface area contributed by atoms with Crippen LogP contribution in [0.25, 0.3) is 0 Å². The van der Waals surface area contributed by atoms with E-state index in [1.54, 1.807) is 0 Å². The van der Waals surface area contributed by atoms with Crippen molar-refractivity contribution >= 4 is 23.5 Å². The summed E-state index contributed by atoms with van der Waals surface area (Å²) in [5.41, 5.74) is 0. The fourth-order valence-corrected chi connectivity index (χ4v) is 2.98. The van der Waals surface area contributed by atoms with Gasteiger partial charge >= 0.3 is 11.9 Å². The molecule has 2 saturated carbocycles. The first kappa shape index (κ1) is 20.3. The van der Waals surface area contributed by atoms with Crippen molar-refractivity contribution in [3.8, 4) is 0 Å². The van der Waals surface area contributed by atoms with Gasteiger partial charge in [0.2, 0.25) is 0 Å². The molecule has 2 unspecified atom stereocenters. The highest BCUT2D eigenvalue weighted by atomic mass is 16.5. The molecule has 0 aromatic carbocycles. The lowest BCUT2D eigenvalue weighted by atomic mass is 9.86. The summed E-state index contributed by atoms with van der Waals surface area (Å²) in [5.74, 6) is -0.0496. The number of rotatable bonds is 4. The monoisotopic (exact) mass is 340 g/mol. The number of carbonyl (C=O) groups excluding carboxylic acids is 4. The minimum absolute atomic E-state index is 0.0754. The third kappa shape index (κ3) is 8.22. The summed E-state index contributed by atoms with van der Waals surface area (Å²) in [5, 5.41) is 0. The van der Waals surface area contributed by atoms with E-state index in [2.05, 4.69) is 0 Å². The SMILES string of the molecule is CC(=O)OC1CCCCC1=O.CC(=O)OCCC1CCCCC1=O. The Labute approximate surface area is 143 Å². The van der Waals surface area contributed by atoms with E-state index >= 15 is 0 Å². The predicted molar refractivity (Wildman–Crippen MR) is 87.2 cm³/mol. The summed E-state index contributed by atoms with van der Waals surface area (Å²) < 4.78 is 9.62. The first-order valence-corrected chi connectivity index (χ1v) is 8.76. The smallest absolute Gasteiger partial charge is 0.303 e. The van der Waals surface area contributed by atoms with Gasteiger partial charge in [0.05, 0.1) is 6.61 Å². The molecule has 6 nitrogen and oxygen atoms in total. The Morgan fingerprint density at radius 3 is 2.08 bits per heavy atom. The fourth-order valence-electron chi connectivity index (χ4n) is 2.98. The van der Waals surface area contributed by atoms with Crippen molar-refractivity contribution in [3.05, 3.63) is 0 Å². The van der Waals surface area contributed by atoms with E-state index in [-0.39, 0.29) is 23.6 Å². The molecule has 136 valence electrons. The molecule has 0 spiro atoms. The zero-order valence-corrected chi connectivity index (χ0v) is 14.7. The molecule has 2 aliphatic rings. The van der Waals surface area contributed by atoms with E-state index in [0.29, 0.717) is 38.1 Å². The Kier molecular flexibility index (Phi) is 9.27. The summed E-state index contributed by atoms with van der Waals surface area (Å²) in [6.07, 6.45) is 7.32. The zero-order valence-electron chi connectivity index (χ0n) is 14.7. The highest BCUT2D eigenvalue weighted by molar-refractivity contribution is 5.85. The lowest BCUT2D eigenvalue weighted by Crippen LogP contribution is -2.29. The lowest BCUT2D eigenvalue weighted by molar-refractivity contribution is -0.154. The molecule has 0 amide bonds. The van der Waals surface area contributed by atoms with E-state index in [1.165, 1.54) is 13.8 Å². The van der Waals surface area contributed by atoms with E-state index < -0.39 is 6.10 Å². The fraction of sp³-hybridized carbons (Fsp3) is 0.778. The minimum atomic E-state index is -0.443. The van der Waals surface area contributed by atoms with Crippen molar-refractivity contribution in [2.45, 2.75) is 77.7 Å². The number of ketones is 2. The second-order valence-corrected chi connectivity index (χ2v) is 6.35. The summed E-state index contributed by atoms with van der Waals surface area (Å²) in [4.78, 5) is 43.3. The zero-order chi connectivity index (χ0) is 17.9. The highest BCUT2D eigenvalue weighted by Crippen LogP contribution is 2.23. The van der Waals surface area contributed by atoms with Gasteiger partial charge in [0.1, 0.15) is 5.78 Å². The average Bonchev–Trinajstić information content (AvgIpc) is 2.51. The van der Waals surface area contributed by atoms with Gasteiger partial charge in [0.25, 0.3) is 0 Å². The van der Waals surface area contributed by atoms with Gasteiger partial charge in [-0.25, -0.2) is 0 Å². The number of Topliss-reactive ketones (excluding diaryl/α,β-unsaturated/α-hetero) is 2. The van der Waals surface area contributed by atoms with E-state index in [1.807, 2.05) is 0 Å². The molecule has 0 aromatic heterocycles. The van der Waals surface area contributed by atoms with Crippen LogP contribution in [0.4, 0.5) is 0 Å². The van der Waals surface area contributed by atoms with Gasteiger partial charge in [-0.2, -0.15) is 0 Å². The molecule has 0 saturated heterocycles. The van der Waals surface area contributed by atoms with Crippen molar-refractivity contribution in [1.82, 2.24) is 0 Å². The topological polar surface area (TPSA) is 86.7 Å². The molecule has 2 aliphatic carbocycles. The molecule has 2 atom stereocenters. The second kappa shape index (κ2) is 10.9. The van der Waals surface area contributed by atoms with Crippen LogP contribution in [0.5, 0.6) is 0 Å². The van der Waals surface area contributed by atoms with Gasteiger partial charge in [-0.15, -0.1) is 0 Å². The molecule has 0 bridgehead atoms. The van der Waals surface area contributed by atoms with Crippen LogP contribution in [0, 0.1) is 5.92 Å². The van der Waals surface area contributed by atoms with Crippen LogP contribution in [0.3, 0.4) is 0 Å². The Morgan fingerprint density at radius 1 is 0.917 bits per heavy atom. The number of hydrogen-bond acceptors (Lipinski definition) is 6. The lowest BCUT2D eigenvalue weighted by Gasteiger charge is -2.19. The minimum Gasteiger partial charge on any atom is -0.466 e. The maximum atomic E-state index is 11.3. The van der Waals surface area contributed by atoms with E-state index in [9.17, 15) is 19.2 Å². The molecule has 0 radical (unpaired) electrons. The number of esters is 2. The van der Waals surface area contributed by atoms with Gasteiger partial charge in [-0.3, -0.25) is 19.2 Å². The van der Waals surface area contributed by atoms with Crippen LogP contribution in [0.15, 0.2) is 0 Å². The Morgan fingerprint density at radius 2 is 1.54 bits per heavy atom. The van der Waals surface area contributed by atoms with Crippen molar-refractivity contribution in [2.75, 3.05) is 6.61 Å². The van der Waals surface area contributed by atoms with Gasteiger partial charge in [-0.1, -0.05) is 6.42 Å². The third-order valence-electron chi connectivity index (χ3n) is 4.26. The van der Waals surface area contributed by atoms with Crippen molar-refractivity contribution < 1.29 is 28.7 Å². The molecule has 24 heavy (non-hydrogen) atoms. The molecular formula is C18H28O6. The van der Waals surface area contributed by atoms with Crippen LogP contribution < -0.4 is 0 Å². The van der Waals surface area contributed by atoms with Gasteiger partial charge in [-0.05, 0) is 38.5 Å². The van der Waals surface area contributed by atoms with Crippen LogP contribution in [-0.2, 0) is 28.7 Å². The summed E-state index contributed by atoms with van der Waals surface area (Å²) in [7, 11) is 0. The third-order valence-corrected chi connectivity index (χ3v) is 4.26. The molecule has 6 heteroatoms. The molecule has 2 fully saturated rings. The maximum absolute atomic E-state index is 11.3. The quantitative estimate of drug-likeness (QED) is 0.731. The van der Waals surface area contributed by atoms with Gasteiger partial charge in [0.15, 0.2) is 11.9 Å². The van der Waals surface area contributed by atoms with E-state index in [4.69, 9.17) is 9.47 Å². The average molecular weight is 340 g/mol. The van der Waals surface area contributed by atoms with Gasteiger partial charge in [0, 0.05) is 32.6 Å². The Hall–Kier alpha value is -1.72. The molecule has 0 aliphatic heterocycles. The largest absolute Gasteiger partial charge is 0.466 e. The molecule has 2 rings (SSSR count). The summed E-state index contributed by atoms with van der Waals surface area (Å²) >= 11 is 0. The summed E-state index contributed by atoms with van der Waals surface area (Å²) in [6, 6.07) is 0. The van der Waals surface area contributed by atoms with Crippen LogP contribution in [0.1, 0.15) is 71.6 Å². The molecular weight excluding hydrogens is 312 g/mol. The number of hydrogen-bond donors (Lipinski definition) is 0. The summed E-state index contributed by atoms with van der Waals surface area (Å²) in [6.45, 7) is 3.12. The first-order chi connectivity index (χ1) is 11.4.